The van der Waals surface area contributed by atoms with Crippen molar-refractivity contribution in [3.05, 3.63) is 70.5 Å². The number of nitrogens with zero attached hydrogens (tertiary/aromatic N) is 2. The monoisotopic (exact) mass is 333 g/mol. The summed E-state index contributed by atoms with van der Waals surface area (Å²) in [6, 6.07) is 13.2. The zero-order valence-corrected chi connectivity index (χ0v) is 16.5. The summed E-state index contributed by atoms with van der Waals surface area (Å²) in [7, 11) is 2.14. The zero-order valence-electron chi connectivity index (χ0n) is 16.5. The summed E-state index contributed by atoms with van der Waals surface area (Å²) in [5.41, 5.74) is 10.5. The van der Waals surface area contributed by atoms with Crippen LogP contribution in [0.4, 0.5) is 0 Å². The van der Waals surface area contributed by atoms with Crippen LogP contribution < -0.4 is 4.57 Å². The van der Waals surface area contributed by atoms with Gasteiger partial charge >= 0.3 is 0 Å². The third-order valence-electron chi connectivity index (χ3n) is 5.34. The molecule has 2 nitrogen and oxygen atoms in total. The molecule has 0 aliphatic rings. The molecular weight excluding hydrogens is 304 g/mol. The largest absolute Gasteiger partial charge is 0.308 e. The summed E-state index contributed by atoms with van der Waals surface area (Å²) in [5.74, 6) is 0.484. The van der Waals surface area contributed by atoms with Crippen LogP contribution in [0.5, 0.6) is 0 Å². The quantitative estimate of drug-likeness (QED) is 0.573. The molecule has 2 aromatic heterocycles. The van der Waals surface area contributed by atoms with E-state index in [1.807, 2.05) is 0 Å². The molecule has 130 valence electrons. The minimum atomic E-state index is 0.484. The number of para-hydroxylation sites is 1. The number of rotatable bonds is 3. The van der Waals surface area contributed by atoms with Crippen molar-refractivity contribution in [1.29, 1.82) is 0 Å². The van der Waals surface area contributed by atoms with Gasteiger partial charge in [-0.3, -0.25) is 0 Å². The maximum Gasteiger partial charge on any atom is 0.229 e. The van der Waals surface area contributed by atoms with Crippen molar-refractivity contribution in [3.63, 3.8) is 0 Å². The van der Waals surface area contributed by atoms with Crippen molar-refractivity contribution in [2.45, 2.75) is 47.5 Å². The Bertz CT molecular complexity index is 930. The molecule has 0 saturated carbocycles. The summed E-state index contributed by atoms with van der Waals surface area (Å²) in [5, 5.41) is 0. The molecular formula is C23H29N2+. The highest BCUT2D eigenvalue weighted by Crippen LogP contribution is 2.34. The summed E-state index contributed by atoms with van der Waals surface area (Å²) in [6.45, 7) is 13.4. The molecule has 0 atom stereocenters. The molecule has 3 rings (SSSR count). The third-order valence-corrected chi connectivity index (χ3v) is 5.34. The molecule has 2 heterocycles. The molecule has 2 heteroatoms. The summed E-state index contributed by atoms with van der Waals surface area (Å²) in [6.07, 6.45) is 2.20. The van der Waals surface area contributed by atoms with Gasteiger partial charge in [0.2, 0.25) is 5.69 Å². The second-order valence-corrected chi connectivity index (χ2v) is 7.44. The molecule has 0 bridgehead atoms. The topological polar surface area (TPSA) is 8.81 Å². The molecule has 0 unspecified atom stereocenters. The molecule has 0 fully saturated rings. The fourth-order valence-electron chi connectivity index (χ4n) is 3.73. The van der Waals surface area contributed by atoms with Gasteiger partial charge in [-0.1, -0.05) is 32.0 Å². The minimum absolute atomic E-state index is 0.484. The van der Waals surface area contributed by atoms with Gasteiger partial charge in [0.25, 0.3) is 0 Å². The van der Waals surface area contributed by atoms with Crippen molar-refractivity contribution in [2.75, 3.05) is 0 Å². The van der Waals surface area contributed by atoms with Gasteiger partial charge in [-0.15, -0.1) is 0 Å². The Morgan fingerprint density at radius 2 is 1.56 bits per heavy atom. The fraction of sp³-hybridized carbons (Fsp3) is 0.348. The van der Waals surface area contributed by atoms with Crippen molar-refractivity contribution in [3.8, 4) is 17.1 Å². The molecule has 0 amide bonds. The van der Waals surface area contributed by atoms with Crippen molar-refractivity contribution < 1.29 is 4.57 Å². The van der Waals surface area contributed by atoms with Crippen molar-refractivity contribution >= 4 is 0 Å². The van der Waals surface area contributed by atoms with Gasteiger partial charge in [0, 0.05) is 23.0 Å². The van der Waals surface area contributed by atoms with Gasteiger partial charge in [0.1, 0.15) is 12.7 Å². The summed E-state index contributed by atoms with van der Waals surface area (Å²) in [4.78, 5) is 0. The smallest absolute Gasteiger partial charge is 0.229 e. The predicted molar refractivity (Wildman–Crippen MR) is 105 cm³/mol. The standard InChI is InChI=1S/C23H29N2/c1-15(2)20-10-8-9-11-21(20)25-19(6)17(4)18(5)23(25)22-13-12-16(3)14-24(22)7/h8-15H,1-7H3/q+1. The number of aryl methyl sites for hydroxylation is 2. The van der Waals surface area contributed by atoms with Crippen LogP contribution in [0.2, 0.25) is 0 Å². The van der Waals surface area contributed by atoms with E-state index in [2.05, 4.69) is 100 Å². The SMILES string of the molecule is Cc1ccc(-c2c(C)c(C)c(C)n2-c2ccccc2C(C)C)[n+](C)c1. The van der Waals surface area contributed by atoms with Crippen LogP contribution in [0.1, 0.15) is 47.7 Å². The second-order valence-electron chi connectivity index (χ2n) is 7.44. The normalized spacial score (nSPS) is 11.4. The first kappa shape index (κ1) is 17.5. The first-order valence-electron chi connectivity index (χ1n) is 9.07. The van der Waals surface area contributed by atoms with Crippen LogP contribution in [0, 0.1) is 27.7 Å². The highest BCUT2D eigenvalue weighted by atomic mass is 15.0. The van der Waals surface area contributed by atoms with E-state index in [0.29, 0.717) is 5.92 Å². The minimum Gasteiger partial charge on any atom is -0.308 e. The first-order chi connectivity index (χ1) is 11.8. The van der Waals surface area contributed by atoms with Gasteiger partial charge in [-0.2, -0.15) is 4.57 Å². The average Bonchev–Trinajstić information content (AvgIpc) is 2.79. The molecule has 1 aromatic carbocycles. The predicted octanol–water partition coefficient (Wildman–Crippen LogP) is 5.33. The number of hydrogen-bond acceptors (Lipinski definition) is 0. The number of benzene rings is 1. The van der Waals surface area contributed by atoms with E-state index in [0.717, 1.165) is 0 Å². The van der Waals surface area contributed by atoms with Gasteiger partial charge in [-0.05, 0) is 62.4 Å². The zero-order chi connectivity index (χ0) is 18.3. The number of pyridine rings is 1. The third kappa shape index (κ3) is 2.90. The van der Waals surface area contributed by atoms with Crippen LogP contribution in [0.25, 0.3) is 17.1 Å². The Kier molecular flexibility index (Phi) is 4.55. The van der Waals surface area contributed by atoms with Crippen LogP contribution in [-0.4, -0.2) is 4.57 Å². The van der Waals surface area contributed by atoms with E-state index in [1.165, 1.54) is 45.0 Å². The maximum atomic E-state index is 2.45. The molecule has 0 saturated heterocycles. The van der Waals surface area contributed by atoms with Crippen LogP contribution in [-0.2, 0) is 7.05 Å². The van der Waals surface area contributed by atoms with E-state index in [1.54, 1.807) is 0 Å². The Labute approximate surface area is 151 Å². The molecule has 0 aliphatic carbocycles. The van der Waals surface area contributed by atoms with E-state index < -0.39 is 0 Å². The molecule has 0 aliphatic heterocycles. The van der Waals surface area contributed by atoms with Gasteiger partial charge in [-0.25, -0.2) is 0 Å². The lowest BCUT2D eigenvalue weighted by Gasteiger charge is -2.18. The molecule has 0 spiro atoms. The lowest BCUT2D eigenvalue weighted by Crippen LogP contribution is -2.31. The van der Waals surface area contributed by atoms with Gasteiger partial charge in [0.05, 0.1) is 0 Å². The maximum absolute atomic E-state index is 2.45. The Morgan fingerprint density at radius 3 is 2.20 bits per heavy atom. The highest BCUT2D eigenvalue weighted by molar-refractivity contribution is 5.66. The first-order valence-corrected chi connectivity index (χ1v) is 9.07. The fourth-order valence-corrected chi connectivity index (χ4v) is 3.73. The van der Waals surface area contributed by atoms with Crippen LogP contribution in [0.15, 0.2) is 42.6 Å². The van der Waals surface area contributed by atoms with Crippen molar-refractivity contribution in [1.82, 2.24) is 4.57 Å². The van der Waals surface area contributed by atoms with Gasteiger partial charge < -0.3 is 4.57 Å². The van der Waals surface area contributed by atoms with Gasteiger partial charge in [0.15, 0.2) is 6.20 Å². The number of aromatic nitrogens is 2. The van der Waals surface area contributed by atoms with Crippen LogP contribution in [0.3, 0.4) is 0 Å². The summed E-state index contributed by atoms with van der Waals surface area (Å²) < 4.78 is 4.69. The van der Waals surface area contributed by atoms with Crippen molar-refractivity contribution in [2.24, 2.45) is 7.05 Å². The average molecular weight is 333 g/mol. The summed E-state index contributed by atoms with van der Waals surface area (Å²) >= 11 is 0. The lowest BCUT2D eigenvalue weighted by atomic mass is 10.0. The highest BCUT2D eigenvalue weighted by Gasteiger charge is 2.24. The lowest BCUT2D eigenvalue weighted by molar-refractivity contribution is -0.660. The Hall–Kier alpha value is -2.35. The molecule has 0 radical (unpaired) electrons. The van der Waals surface area contributed by atoms with E-state index >= 15 is 0 Å². The Balaban J connectivity index is 2.38. The van der Waals surface area contributed by atoms with E-state index in [9.17, 15) is 0 Å². The molecule has 3 aromatic rings. The van der Waals surface area contributed by atoms with E-state index in [-0.39, 0.29) is 0 Å². The molecule has 0 N–H and O–H groups in total. The molecule has 25 heavy (non-hydrogen) atoms. The number of hydrogen-bond donors (Lipinski definition) is 0. The van der Waals surface area contributed by atoms with Crippen LogP contribution >= 0.6 is 0 Å². The van der Waals surface area contributed by atoms with E-state index in [4.69, 9.17) is 0 Å². The second kappa shape index (κ2) is 6.51. The Morgan fingerprint density at radius 1 is 0.880 bits per heavy atom.